The van der Waals surface area contributed by atoms with Crippen LogP contribution in [-0.4, -0.2) is 38.5 Å². The van der Waals surface area contributed by atoms with Gasteiger partial charge >= 0.3 is 0 Å². The third-order valence-corrected chi connectivity index (χ3v) is 5.26. The van der Waals surface area contributed by atoms with Gasteiger partial charge in [0.25, 0.3) is 15.6 Å². The van der Waals surface area contributed by atoms with Gasteiger partial charge < -0.3 is 9.80 Å². The van der Waals surface area contributed by atoms with Crippen molar-refractivity contribution in [2.75, 3.05) is 13.1 Å². The largest absolute Gasteiger partial charge is 0.306 e. The fraction of sp³-hybridized carbons (Fsp3) is 0.222. The lowest BCUT2D eigenvalue weighted by Gasteiger charge is -2.41. The molecule has 0 N–H and O–H groups in total. The van der Waals surface area contributed by atoms with E-state index in [1.165, 1.54) is 4.90 Å². The van der Waals surface area contributed by atoms with Gasteiger partial charge in [-0.15, -0.1) is 0 Å². The molecule has 0 bridgehead atoms. The summed E-state index contributed by atoms with van der Waals surface area (Å²) >= 11 is 17.7. The maximum atomic E-state index is 13.0. The highest BCUT2D eigenvalue weighted by Crippen LogP contribution is 2.51. The highest BCUT2D eigenvalue weighted by Gasteiger charge is 2.61. The van der Waals surface area contributed by atoms with Crippen LogP contribution in [0.4, 0.5) is 0 Å². The van der Waals surface area contributed by atoms with Gasteiger partial charge in [0.2, 0.25) is 0 Å². The second kappa shape index (κ2) is 5.63. The van der Waals surface area contributed by atoms with Crippen molar-refractivity contribution in [3.8, 4) is 0 Å². The molecule has 1 fully saturated rings. The van der Waals surface area contributed by atoms with Crippen molar-refractivity contribution in [1.82, 2.24) is 9.80 Å². The normalized spacial score (nSPS) is 22.1. The van der Waals surface area contributed by atoms with Gasteiger partial charge in [-0.3, -0.25) is 9.59 Å². The maximum Gasteiger partial charge on any atom is 0.277 e. The van der Waals surface area contributed by atoms with Crippen molar-refractivity contribution in [2.24, 2.45) is 0 Å². The first kappa shape index (κ1) is 16.7. The molecule has 2 aliphatic heterocycles. The number of benzene rings is 2. The predicted molar refractivity (Wildman–Crippen MR) is 96.7 cm³/mol. The Morgan fingerprint density at radius 1 is 0.960 bits per heavy atom. The Morgan fingerprint density at radius 2 is 1.60 bits per heavy atom. The van der Waals surface area contributed by atoms with Gasteiger partial charge in [0.05, 0.1) is 0 Å². The standard InChI is InChI=1S/C18H13Cl3N2O2/c19-18(20,21)16(25)23-11-10-22-15(24)13-8-4-5-9-14(13)17(22,23)12-6-2-1-3-7-12/h1-9H,10-11H2/t17-/m0/s1. The molecule has 0 aromatic heterocycles. The second-order valence-electron chi connectivity index (χ2n) is 6.00. The van der Waals surface area contributed by atoms with Crippen LogP contribution in [0.3, 0.4) is 0 Å². The lowest BCUT2D eigenvalue weighted by atomic mass is 9.90. The van der Waals surface area contributed by atoms with E-state index in [2.05, 4.69) is 0 Å². The summed E-state index contributed by atoms with van der Waals surface area (Å²) in [4.78, 5) is 29.0. The third kappa shape index (κ3) is 2.21. The average molecular weight is 396 g/mol. The molecule has 0 spiro atoms. The van der Waals surface area contributed by atoms with Gasteiger partial charge in [-0.2, -0.15) is 0 Å². The van der Waals surface area contributed by atoms with E-state index in [0.29, 0.717) is 18.7 Å². The number of carbonyl (C=O) groups is 2. The molecule has 2 heterocycles. The summed E-state index contributed by atoms with van der Waals surface area (Å²) in [5.74, 6) is -0.771. The maximum absolute atomic E-state index is 13.0. The van der Waals surface area contributed by atoms with Crippen LogP contribution in [0, 0.1) is 0 Å². The Balaban J connectivity index is 2.02. The molecule has 128 valence electrons. The first-order valence-electron chi connectivity index (χ1n) is 7.74. The van der Waals surface area contributed by atoms with Crippen molar-refractivity contribution in [3.63, 3.8) is 0 Å². The van der Waals surface area contributed by atoms with Crippen molar-refractivity contribution in [2.45, 2.75) is 9.46 Å². The lowest BCUT2D eigenvalue weighted by molar-refractivity contribution is -0.135. The fourth-order valence-corrected chi connectivity index (χ4v) is 4.17. The molecule has 4 rings (SSSR count). The smallest absolute Gasteiger partial charge is 0.277 e. The number of alkyl halides is 3. The number of carbonyl (C=O) groups excluding carboxylic acids is 2. The van der Waals surface area contributed by atoms with E-state index in [1.807, 2.05) is 42.5 Å². The Morgan fingerprint density at radius 3 is 2.28 bits per heavy atom. The molecule has 25 heavy (non-hydrogen) atoms. The van der Waals surface area contributed by atoms with E-state index in [9.17, 15) is 9.59 Å². The van der Waals surface area contributed by atoms with E-state index in [1.54, 1.807) is 17.0 Å². The molecule has 0 aliphatic carbocycles. The number of fused-ring (bicyclic) bond motifs is 3. The van der Waals surface area contributed by atoms with Crippen LogP contribution in [0.25, 0.3) is 0 Å². The first-order valence-corrected chi connectivity index (χ1v) is 8.87. The summed E-state index contributed by atoms with van der Waals surface area (Å²) in [7, 11) is 0. The molecule has 1 atom stereocenters. The molecular formula is C18H13Cl3N2O2. The van der Waals surface area contributed by atoms with Crippen LogP contribution < -0.4 is 0 Å². The molecule has 4 nitrogen and oxygen atoms in total. The third-order valence-electron chi connectivity index (χ3n) is 4.77. The van der Waals surface area contributed by atoms with Crippen LogP contribution >= 0.6 is 34.8 Å². The molecule has 0 radical (unpaired) electrons. The molecule has 2 amide bonds. The minimum absolute atomic E-state index is 0.126. The number of halogens is 3. The van der Waals surface area contributed by atoms with Crippen molar-refractivity contribution in [1.29, 1.82) is 0 Å². The van der Waals surface area contributed by atoms with Crippen LogP contribution in [0.15, 0.2) is 54.6 Å². The summed E-state index contributed by atoms with van der Waals surface area (Å²) in [5.41, 5.74) is 0.989. The van der Waals surface area contributed by atoms with E-state index >= 15 is 0 Å². The van der Waals surface area contributed by atoms with Crippen LogP contribution in [0.1, 0.15) is 21.5 Å². The minimum atomic E-state index is -2.10. The van der Waals surface area contributed by atoms with Crippen molar-refractivity contribution < 1.29 is 9.59 Å². The molecule has 0 unspecified atom stereocenters. The highest BCUT2D eigenvalue weighted by molar-refractivity contribution is 6.76. The van der Waals surface area contributed by atoms with E-state index in [-0.39, 0.29) is 5.91 Å². The topological polar surface area (TPSA) is 40.6 Å². The van der Waals surface area contributed by atoms with Gasteiger partial charge in [0.15, 0.2) is 5.66 Å². The number of amides is 2. The van der Waals surface area contributed by atoms with Crippen LogP contribution in [0.2, 0.25) is 0 Å². The second-order valence-corrected chi connectivity index (χ2v) is 8.28. The molecule has 7 heteroatoms. The first-order chi connectivity index (χ1) is 11.9. The van der Waals surface area contributed by atoms with E-state index in [0.717, 1.165) is 11.1 Å². The molecule has 2 aromatic rings. The van der Waals surface area contributed by atoms with Gasteiger partial charge in [-0.25, -0.2) is 0 Å². The lowest BCUT2D eigenvalue weighted by Crippen LogP contribution is -2.54. The number of rotatable bonds is 1. The van der Waals surface area contributed by atoms with Crippen LogP contribution in [-0.2, 0) is 10.5 Å². The van der Waals surface area contributed by atoms with E-state index < -0.39 is 15.4 Å². The molecule has 2 aliphatic rings. The minimum Gasteiger partial charge on any atom is -0.306 e. The Bertz CT molecular complexity index is 866. The predicted octanol–water partition coefficient (Wildman–Crippen LogP) is 3.56. The zero-order valence-electron chi connectivity index (χ0n) is 13.0. The Hall–Kier alpha value is -1.75. The number of nitrogens with zero attached hydrogens (tertiary/aromatic N) is 2. The Labute approximate surface area is 159 Å². The Kier molecular flexibility index (Phi) is 3.76. The highest BCUT2D eigenvalue weighted by atomic mass is 35.6. The summed E-state index contributed by atoms with van der Waals surface area (Å²) in [5, 5.41) is 0. The number of hydrogen-bond acceptors (Lipinski definition) is 2. The van der Waals surface area contributed by atoms with Crippen molar-refractivity contribution in [3.05, 3.63) is 71.3 Å². The summed E-state index contributed by atoms with van der Waals surface area (Å²) < 4.78 is -2.10. The summed E-state index contributed by atoms with van der Waals surface area (Å²) in [6.45, 7) is 0.663. The number of hydrogen-bond donors (Lipinski definition) is 0. The monoisotopic (exact) mass is 394 g/mol. The van der Waals surface area contributed by atoms with Gasteiger partial charge in [-0.1, -0.05) is 83.3 Å². The average Bonchev–Trinajstić information content (AvgIpc) is 3.11. The molecule has 1 saturated heterocycles. The van der Waals surface area contributed by atoms with Gasteiger partial charge in [-0.05, 0) is 6.07 Å². The summed E-state index contributed by atoms with van der Waals surface area (Å²) in [6, 6.07) is 16.6. The van der Waals surface area contributed by atoms with Gasteiger partial charge in [0.1, 0.15) is 0 Å². The van der Waals surface area contributed by atoms with Crippen LogP contribution in [0.5, 0.6) is 0 Å². The zero-order valence-corrected chi connectivity index (χ0v) is 15.2. The molecular weight excluding hydrogens is 383 g/mol. The van der Waals surface area contributed by atoms with Gasteiger partial charge in [0, 0.05) is 29.8 Å². The van der Waals surface area contributed by atoms with Crippen molar-refractivity contribution >= 4 is 46.6 Å². The molecule has 2 aromatic carbocycles. The molecule has 0 saturated carbocycles. The SMILES string of the molecule is O=C1c2ccccc2[C@@]2(c3ccccc3)N1CCN2C(=O)C(Cl)(Cl)Cl. The quantitative estimate of drug-likeness (QED) is 0.693. The summed E-state index contributed by atoms with van der Waals surface area (Å²) in [6.07, 6.45) is 0. The fourth-order valence-electron chi connectivity index (χ4n) is 3.87. The van der Waals surface area contributed by atoms with E-state index in [4.69, 9.17) is 34.8 Å². The zero-order chi connectivity index (χ0) is 17.8.